The highest BCUT2D eigenvalue weighted by atomic mass is 16.5. The summed E-state index contributed by atoms with van der Waals surface area (Å²) in [7, 11) is 4.77. The van der Waals surface area contributed by atoms with E-state index in [-0.39, 0.29) is 5.91 Å². The van der Waals surface area contributed by atoms with Gasteiger partial charge in [0.25, 0.3) is 0 Å². The molecule has 2 rings (SSSR count). The van der Waals surface area contributed by atoms with Crippen molar-refractivity contribution in [1.29, 1.82) is 0 Å². The van der Waals surface area contributed by atoms with Crippen molar-refractivity contribution in [2.24, 2.45) is 5.92 Å². The quantitative estimate of drug-likeness (QED) is 0.716. The molecule has 0 spiro atoms. The molecule has 1 aliphatic rings. The van der Waals surface area contributed by atoms with Crippen molar-refractivity contribution < 1.29 is 19.0 Å². The number of rotatable bonds is 9. The third kappa shape index (κ3) is 6.03. The summed E-state index contributed by atoms with van der Waals surface area (Å²) in [5, 5.41) is 3.08. The van der Waals surface area contributed by atoms with E-state index >= 15 is 0 Å². The molecule has 0 saturated carbocycles. The monoisotopic (exact) mass is 378 g/mol. The van der Waals surface area contributed by atoms with Gasteiger partial charge in [0.1, 0.15) is 0 Å². The van der Waals surface area contributed by atoms with Crippen molar-refractivity contribution in [3.8, 4) is 17.2 Å². The van der Waals surface area contributed by atoms with Gasteiger partial charge in [0.15, 0.2) is 11.5 Å². The first-order chi connectivity index (χ1) is 13.0. The Morgan fingerprint density at radius 3 is 2.44 bits per heavy atom. The number of ether oxygens (including phenoxy) is 3. The molecule has 1 N–H and O–H groups in total. The van der Waals surface area contributed by atoms with Crippen LogP contribution >= 0.6 is 0 Å². The normalized spacial score (nSPS) is 18.6. The Kier molecular flexibility index (Phi) is 8.23. The zero-order valence-corrected chi connectivity index (χ0v) is 17.3. The first-order valence-corrected chi connectivity index (χ1v) is 9.78. The van der Waals surface area contributed by atoms with Gasteiger partial charge in [-0.3, -0.25) is 9.69 Å². The molecule has 6 nitrogen and oxygen atoms in total. The van der Waals surface area contributed by atoms with E-state index in [9.17, 15) is 4.79 Å². The van der Waals surface area contributed by atoms with Crippen molar-refractivity contribution in [3.05, 3.63) is 17.7 Å². The predicted octanol–water partition coefficient (Wildman–Crippen LogP) is 2.88. The van der Waals surface area contributed by atoms with Crippen LogP contribution in [0.25, 0.3) is 0 Å². The molecule has 2 unspecified atom stereocenters. The molecule has 152 valence electrons. The molecule has 27 heavy (non-hydrogen) atoms. The number of hydrogen-bond acceptors (Lipinski definition) is 5. The molecule has 1 aromatic carbocycles. The van der Waals surface area contributed by atoms with E-state index in [4.69, 9.17) is 14.2 Å². The third-order valence-corrected chi connectivity index (χ3v) is 5.27. The van der Waals surface area contributed by atoms with Gasteiger partial charge in [-0.1, -0.05) is 6.92 Å². The fourth-order valence-electron chi connectivity index (χ4n) is 3.64. The molecular formula is C21H34N2O4. The van der Waals surface area contributed by atoms with E-state index in [0.717, 1.165) is 24.6 Å². The molecule has 1 fully saturated rings. The number of likely N-dealkylation sites (tertiary alicyclic amines) is 1. The van der Waals surface area contributed by atoms with Gasteiger partial charge in [0.2, 0.25) is 11.7 Å². The van der Waals surface area contributed by atoms with E-state index in [2.05, 4.69) is 24.1 Å². The Balaban J connectivity index is 1.84. The summed E-state index contributed by atoms with van der Waals surface area (Å²) in [5.41, 5.74) is 0.984. The second kappa shape index (κ2) is 10.4. The molecule has 1 saturated heterocycles. The number of piperidine rings is 1. The number of hydrogen-bond donors (Lipinski definition) is 1. The second-order valence-corrected chi connectivity index (χ2v) is 7.43. The molecule has 1 heterocycles. The fraction of sp³-hybridized carbons (Fsp3) is 0.667. The Labute approximate surface area is 163 Å². The van der Waals surface area contributed by atoms with Gasteiger partial charge in [0.05, 0.1) is 21.3 Å². The highest BCUT2D eigenvalue weighted by molar-refractivity contribution is 5.76. The van der Waals surface area contributed by atoms with Crippen LogP contribution in [0.15, 0.2) is 12.1 Å². The molecule has 6 heteroatoms. The van der Waals surface area contributed by atoms with Crippen LogP contribution in [-0.4, -0.2) is 57.8 Å². The minimum atomic E-state index is 0.0701. The topological polar surface area (TPSA) is 60.0 Å². The number of nitrogens with one attached hydrogen (secondary N) is 1. The van der Waals surface area contributed by atoms with Crippen LogP contribution in [0.2, 0.25) is 0 Å². The van der Waals surface area contributed by atoms with Gasteiger partial charge in [0, 0.05) is 25.6 Å². The first-order valence-electron chi connectivity index (χ1n) is 9.78. The summed E-state index contributed by atoms with van der Waals surface area (Å²) >= 11 is 0. The molecular weight excluding hydrogens is 344 g/mol. The molecule has 0 aliphatic carbocycles. The Morgan fingerprint density at radius 1 is 1.22 bits per heavy atom. The summed E-state index contributed by atoms with van der Waals surface area (Å²) in [4.78, 5) is 14.8. The lowest BCUT2D eigenvalue weighted by atomic mass is 9.99. The number of aryl methyl sites for hydroxylation is 1. The molecule has 0 radical (unpaired) electrons. The van der Waals surface area contributed by atoms with Crippen LogP contribution < -0.4 is 19.5 Å². The lowest BCUT2D eigenvalue weighted by Gasteiger charge is -2.35. The maximum Gasteiger partial charge on any atom is 0.220 e. The van der Waals surface area contributed by atoms with Crippen LogP contribution in [0.3, 0.4) is 0 Å². The smallest absolute Gasteiger partial charge is 0.220 e. The van der Waals surface area contributed by atoms with Crippen molar-refractivity contribution in [2.75, 3.05) is 41.0 Å². The van der Waals surface area contributed by atoms with Crippen molar-refractivity contribution >= 4 is 5.91 Å². The van der Waals surface area contributed by atoms with Crippen LogP contribution in [-0.2, 0) is 11.2 Å². The molecule has 1 aliphatic heterocycles. The average Bonchev–Trinajstić information content (AvgIpc) is 2.69. The van der Waals surface area contributed by atoms with Crippen LogP contribution in [0, 0.1) is 5.92 Å². The SMILES string of the molecule is COc1cc(CCC(=O)NCC(C)N2CCCC(C)C2)cc(OC)c1OC. The maximum atomic E-state index is 12.3. The molecule has 2 atom stereocenters. The minimum Gasteiger partial charge on any atom is -0.493 e. The standard InChI is InChI=1S/C21H34N2O4/c1-15-7-6-10-23(14-15)16(2)13-22-20(24)9-8-17-11-18(25-3)21(27-5)19(12-17)26-4/h11-12,15-16H,6-10,13-14H2,1-5H3,(H,22,24). The summed E-state index contributed by atoms with van der Waals surface area (Å²) in [6, 6.07) is 4.16. The zero-order chi connectivity index (χ0) is 19.8. The van der Waals surface area contributed by atoms with Gasteiger partial charge < -0.3 is 19.5 Å². The number of methoxy groups -OCH3 is 3. The number of amides is 1. The molecule has 1 aromatic rings. The van der Waals surface area contributed by atoms with Crippen molar-refractivity contribution in [3.63, 3.8) is 0 Å². The fourth-order valence-corrected chi connectivity index (χ4v) is 3.64. The summed E-state index contributed by atoms with van der Waals surface area (Å²) in [6.45, 7) is 7.45. The van der Waals surface area contributed by atoms with Crippen molar-refractivity contribution in [2.45, 2.75) is 45.6 Å². The van der Waals surface area contributed by atoms with E-state index in [0.29, 0.717) is 42.7 Å². The second-order valence-electron chi connectivity index (χ2n) is 7.43. The number of nitrogens with zero attached hydrogens (tertiary/aromatic N) is 1. The van der Waals surface area contributed by atoms with Gasteiger partial charge in [-0.25, -0.2) is 0 Å². The number of carbonyl (C=O) groups is 1. The largest absolute Gasteiger partial charge is 0.493 e. The lowest BCUT2D eigenvalue weighted by molar-refractivity contribution is -0.121. The van der Waals surface area contributed by atoms with Gasteiger partial charge in [-0.15, -0.1) is 0 Å². The van der Waals surface area contributed by atoms with Gasteiger partial charge >= 0.3 is 0 Å². The number of benzene rings is 1. The van der Waals surface area contributed by atoms with Crippen molar-refractivity contribution in [1.82, 2.24) is 10.2 Å². The van der Waals surface area contributed by atoms with E-state index < -0.39 is 0 Å². The predicted molar refractivity (Wildman–Crippen MR) is 107 cm³/mol. The Hall–Kier alpha value is -1.95. The highest BCUT2D eigenvalue weighted by Gasteiger charge is 2.21. The molecule has 0 aromatic heterocycles. The van der Waals surface area contributed by atoms with Gasteiger partial charge in [-0.05, 0) is 56.3 Å². The molecule has 1 amide bonds. The zero-order valence-electron chi connectivity index (χ0n) is 17.3. The van der Waals surface area contributed by atoms with Gasteiger partial charge in [-0.2, -0.15) is 0 Å². The van der Waals surface area contributed by atoms with E-state index in [1.165, 1.54) is 12.8 Å². The average molecular weight is 379 g/mol. The number of carbonyl (C=O) groups excluding carboxylic acids is 1. The minimum absolute atomic E-state index is 0.0701. The van der Waals surface area contributed by atoms with Crippen LogP contribution in [0.4, 0.5) is 0 Å². The lowest BCUT2D eigenvalue weighted by Crippen LogP contribution is -2.46. The van der Waals surface area contributed by atoms with E-state index in [1.54, 1.807) is 21.3 Å². The van der Waals surface area contributed by atoms with E-state index in [1.807, 2.05) is 12.1 Å². The molecule has 0 bridgehead atoms. The highest BCUT2D eigenvalue weighted by Crippen LogP contribution is 2.38. The summed E-state index contributed by atoms with van der Waals surface area (Å²) < 4.78 is 16.1. The Bertz CT molecular complexity index is 595. The Morgan fingerprint density at radius 2 is 1.89 bits per heavy atom. The van der Waals surface area contributed by atoms with Crippen LogP contribution in [0.1, 0.15) is 38.7 Å². The summed E-state index contributed by atoms with van der Waals surface area (Å²) in [6.07, 6.45) is 3.62. The first kappa shape index (κ1) is 21.4. The maximum absolute atomic E-state index is 12.3. The summed E-state index contributed by atoms with van der Waals surface area (Å²) in [5.74, 6) is 2.61. The van der Waals surface area contributed by atoms with Crippen LogP contribution in [0.5, 0.6) is 17.2 Å². The third-order valence-electron chi connectivity index (χ3n) is 5.27.